The highest BCUT2D eigenvalue weighted by Gasteiger charge is 2.25. The summed E-state index contributed by atoms with van der Waals surface area (Å²) in [6.07, 6.45) is 8.62. The average Bonchev–Trinajstić information content (AvgIpc) is 2.89. The predicted molar refractivity (Wildman–Crippen MR) is 88.8 cm³/mol. The minimum atomic E-state index is 0.247. The summed E-state index contributed by atoms with van der Waals surface area (Å²) < 4.78 is 1.12. The zero-order valence-corrected chi connectivity index (χ0v) is 14.6. The number of hydrogen-bond donors (Lipinski definition) is 1. The zero-order chi connectivity index (χ0) is 14.4. The Hall–Kier alpha value is -0.350. The third-order valence-corrected chi connectivity index (χ3v) is 5.87. The predicted octanol–water partition coefficient (Wildman–Crippen LogP) is 5.12. The van der Waals surface area contributed by atoms with Crippen molar-refractivity contribution in [1.82, 2.24) is 5.32 Å². The first-order valence-corrected chi connectivity index (χ1v) is 9.32. The summed E-state index contributed by atoms with van der Waals surface area (Å²) in [5, 5.41) is 3.09. The van der Waals surface area contributed by atoms with Gasteiger partial charge in [-0.3, -0.25) is 4.79 Å². The monoisotopic (exact) mass is 357 g/mol. The van der Waals surface area contributed by atoms with Crippen LogP contribution in [0.15, 0.2) is 15.9 Å². The molecular formula is C16H24BrNOS. The van der Waals surface area contributed by atoms with Crippen LogP contribution in [0.1, 0.15) is 56.7 Å². The second kappa shape index (κ2) is 8.18. The van der Waals surface area contributed by atoms with Crippen LogP contribution in [0.5, 0.6) is 0 Å². The lowest BCUT2D eigenvalue weighted by Crippen LogP contribution is -2.32. The normalized spacial score (nSPS) is 22.7. The zero-order valence-electron chi connectivity index (χ0n) is 12.2. The minimum absolute atomic E-state index is 0.247. The van der Waals surface area contributed by atoms with Gasteiger partial charge in [-0.05, 0) is 59.7 Å². The van der Waals surface area contributed by atoms with E-state index in [0.717, 1.165) is 22.5 Å². The molecule has 1 aliphatic carbocycles. The molecule has 0 aliphatic heterocycles. The van der Waals surface area contributed by atoms with E-state index >= 15 is 0 Å². The van der Waals surface area contributed by atoms with E-state index in [2.05, 4.69) is 34.2 Å². The fourth-order valence-electron chi connectivity index (χ4n) is 2.97. The average molecular weight is 358 g/mol. The van der Waals surface area contributed by atoms with Crippen LogP contribution in [0.4, 0.5) is 0 Å². The number of carbonyl (C=O) groups excluding carboxylic acids is 1. The fraction of sp³-hybridized carbons (Fsp3) is 0.688. The molecule has 0 unspecified atom stereocenters. The van der Waals surface area contributed by atoms with Gasteiger partial charge in [0.2, 0.25) is 5.91 Å². The number of thiophene rings is 1. The first kappa shape index (κ1) is 16.0. The number of amides is 1. The lowest BCUT2D eigenvalue weighted by atomic mass is 9.79. The van der Waals surface area contributed by atoms with Crippen LogP contribution >= 0.6 is 27.3 Å². The maximum Gasteiger partial charge on any atom is 0.223 e. The Morgan fingerprint density at radius 1 is 1.35 bits per heavy atom. The summed E-state index contributed by atoms with van der Waals surface area (Å²) in [5.74, 6) is 1.37. The number of halogens is 1. The maximum absolute atomic E-state index is 12.2. The molecule has 4 heteroatoms. The lowest BCUT2D eigenvalue weighted by molar-refractivity contribution is -0.126. The van der Waals surface area contributed by atoms with Gasteiger partial charge in [-0.2, -0.15) is 0 Å². The summed E-state index contributed by atoms with van der Waals surface area (Å²) in [6.45, 7) is 2.92. The van der Waals surface area contributed by atoms with Crippen LogP contribution in [0.3, 0.4) is 0 Å². The van der Waals surface area contributed by atoms with E-state index in [1.165, 1.54) is 37.0 Å². The van der Waals surface area contributed by atoms with Crippen LogP contribution < -0.4 is 5.32 Å². The highest BCUT2D eigenvalue weighted by atomic mass is 79.9. The van der Waals surface area contributed by atoms with E-state index in [4.69, 9.17) is 0 Å². The highest BCUT2D eigenvalue weighted by molar-refractivity contribution is 9.11. The standard InChI is InChI=1S/C16H24BrNOS/c1-2-3-4-12-5-7-13(8-6-12)16(19)18-11-14-9-10-15(17)20-14/h9-10,12-13H,2-8,11H2,1H3,(H,18,19). The van der Waals surface area contributed by atoms with Crippen LogP contribution in [-0.4, -0.2) is 5.91 Å². The van der Waals surface area contributed by atoms with Gasteiger partial charge in [0, 0.05) is 10.8 Å². The van der Waals surface area contributed by atoms with Crippen molar-refractivity contribution in [1.29, 1.82) is 0 Å². The Balaban J connectivity index is 1.69. The van der Waals surface area contributed by atoms with Gasteiger partial charge in [-0.25, -0.2) is 0 Å². The molecule has 0 aromatic carbocycles. The van der Waals surface area contributed by atoms with Gasteiger partial charge in [0.15, 0.2) is 0 Å². The van der Waals surface area contributed by atoms with Gasteiger partial charge >= 0.3 is 0 Å². The van der Waals surface area contributed by atoms with Crippen molar-refractivity contribution in [3.63, 3.8) is 0 Å². The van der Waals surface area contributed by atoms with Crippen LogP contribution in [0.2, 0.25) is 0 Å². The largest absolute Gasteiger partial charge is 0.351 e. The lowest BCUT2D eigenvalue weighted by Gasteiger charge is -2.27. The van der Waals surface area contributed by atoms with E-state index in [1.54, 1.807) is 11.3 Å². The molecule has 0 saturated heterocycles. The molecule has 1 aromatic heterocycles. The molecule has 2 nitrogen and oxygen atoms in total. The fourth-order valence-corrected chi connectivity index (χ4v) is 4.39. The second-order valence-corrected chi connectivity index (χ2v) is 8.33. The molecule has 112 valence electrons. The van der Waals surface area contributed by atoms with Gasteiger partial charge in [-0.1, -0.05) is 26.2 Å². The van der Waals surface area contributed by atoms with Crippen LogP contribution in [-0.2, 0) is 11.3 Å². The van der Waals surface area contributed by atoms with Gasteiger partial charge in [-0.15, -0.1) is 11.3 Å². The van der Waals surface area contributed by atoms with Crippen molar-refractivity contribution in [2.45, 2.75) is 58.4 Å². The minimum Gasteiger partial charge on any atom is -0.351 e. The summed E-state index contributed by atoms with van der Waals surface area (Å²) in [7, 11) is 0. The van der Waals surface area contributed by atoms with Crippen LogP contribution in [0.25, 0.3) is 0 Å². The van der Waals surface area contributed by atoms with E-state index in [1.807, 2.05) is 6.07 Å². The van der Waals surface area contributed by atoms with E-state index in [9.17, 15) is 4.79 Å². The number of nitrogens with one attached hydrogen (secondary N) is 1. The molecule has 0 bridgehead atoms. The number of hydrogen-bond acceptors (Lipinski definition) is 2. The number of unbranched alkanes of at least 4 members (excludes halogenated alkanes) is 1. The first-order chi connectivity index (χ1) is 9.69. The molecule has 1 aromatic rings. The Morgan fingerprint density at radius 3 is 2.70 bits per heavy atom. The molecule has 0 radical (unpaired) electrons. The Morgan fingerprint density at radius 2 is 2.10 bits per heavy atom. The molecule has 0 spiro atoms. The summed E-state index contributed by atoms with van der Waals surface area (Å²) in [6, 6.07) is 4.10. The number of rotatable bonds is 6. The van der Waals surface area contributed by atoms with Crippen molar-refractivity contribution < 1.29 is 4.79 Å². The summed E-state index contributed by atoms with van der Waals surface area (Å²) in [5.41, 5.74) is 0. The third kappa shape index (κ3) is 4.88. The molecule has 1 heterocycles. The van der Waals surface area contributed by atoms with Gasteiger partial charge in [0.1, 0.15) is 0 Å². The molecular weight excluding hydrogens is 334 g/mol. The smallest absolute Gasteiger partial charge is 0.223 e. The summed E-state index contributed by atoms with van der Waals surface area (Å²) >= 11 is 5.14. The molecule has 0 atom stereocenters. The quantitative estimate of drug-likeness (QED) is 0.751. The molecule has 2 rings (SSSR count). The Bertz CT molecular complexity index is 424. The van der Waals surface area contributed by atoms with Crippen LogP contribution in [0, 0.1) is 11.8 Å². The SMILES string of the molecule is CCCCC1CCC(C(=O)NCc2ccc(Br)s2)CC1. The van der Waals surface area contributed by atoms with Crippen molar-refractivity contribution in [2.75, 3.05) is 0 Å². The third-order valence-electron chi connectivity index (χ3n) is 4.25. The number of carbonyl (C=O) groups is 1. The van der Waals surface area contributed by atoms with Gasteiger partial charge in [0.05, 0.1) is 10.3 Å². The summed E-state index contributed by atoms with van der Waals surface area (Å²) in [4.78, 5) is 13.4. The topological polar surface area (TPSA) is 29.1 Å². The molecule has 1 fully saturated rings. The Labute approximate surface area is 134 Å². The molecule has 1 N–H and O–H groups in total. The van der Waals surface area contributed by atoms with Gasteiger partial charge in [0.25, 0.3) is 0 Å². The second-order valence-electron chi connectivity index (χ2n) is 5.78. The van der Waals surface area contributed by atoms with Crippen molar-refractivity contribution in [3.05, 3.63) is 20.8 Å². The highest BCUT2D eigenvalue weighted by Crippen LogP contribution is 2.32. The van der Waals surface area contributed by atoms with Gasteiger partial charge < -0.3 is 5.32 Å². The van der Waals surface area contributed by atoms with Crippen molar-refractivity contribution in [3.8, 4) is 0 Å². The maximum atomic E-state index is 12.2. The molecule has 1 aliphatic rings. The van der Waals surface area contributed by atoms with E-state index < -0.39 is 0 Å². The van der Waals surface area contributed by atoms with E-state index in [0.29, 0.717) is 6.54 Å². The van der Waals surface area contributed by atoms with Crippen molar-refractivity contribution in [2.24, 2.45) is 11.8 Å². The van der Waals surface area contributed by atoms with E-state index in [-0.39, 0.29) is 11.8 Å². The Kier molecular flexibility index (Phi) is 6.56. The molecule has 1 saturated carbocycles. The van der Waals surface area contributed by atoms with Crippen molar-refractivity contribution >= 4 is 33.2 Å². The molecule has 1 amide bonds. The first-order valence-electron chi connectivity index (χ1n) is 7.71. The molecule has 20 heavy (non-hydrogen) atoms.